The zero-order valence-electron chi connectivity index (χ0n) is 17.9. The smallest absolute Gasteiger partial charge is 0.255 e. The fourth-order valence-electron chi connectivity index (χ4n) is 3.59. The summed E-state index contributed by atoms with van der Waals surface area (Å²) in [6, 6.07) is 15.3. The number of nitrogens with one attached hydrogen (secondary N) is 3. The summed E-state index contributed by atoms with van der Waals surface area (Å²) in [5, 5.41) is 6.74. The second-order valence-electron chi connectivity index (χ2n) is 7.82. The van der Waals surface area contributed by atoms with Crippen LogP contribution in [0.4, 0.5) is 5.69 Å². The van der Waals surface area contributed by atoms with E-state index in [2.05, 4.69) is 15.4 Å². The standard InChI is InChI=1S/C24H29N3O4S/c28-23(20-9-5-2-6-10-20)25-16-17-26-24(29)21-11-13-22(14-12-21)27-32(30,31)18-15-19-7-3-1-4-8-19/h1,3-4,7-8,11-15,18,20,27H,2,5-6,9-10,16-17H2,(H,25,28)(H,26,29)/b18-15+. The average molecular weight is 456 g/mol. The lowest BCUT2D eigenvalue weighted by Crippen LogP contribution is -2.38. The molecule has 8 heteroatoms. The SMILES string of the molecule is O=C(NCCNC(=O)C1CCCCC1)c1ccc(NS(=O)(=O)/C=C/c2ccccc2)cc1. The molecule has 170 valence electrons. The molecule has 3 N–H and O–H groups in total. The van der Waals surface area contributed by atoms with Gasteiger partial charge in [-0.05, 0) is 48.7 Å². The lowest BCUT2D eigenvalue weighted by atomic mass is 9.89. The van der Waals surface area contributed by atoms with E-state index in [0.29, 0.717) is 24.3 Å². The van der Waals surface area contributed by atoms with E-state index in [1.165, 1.54) is 24.6 Å². The van der Waals surface area contributed by atoms with Gasteiger partial charge in [-0.15, -0.1) is 0 Å². The van der Waals surface area contributed by atoms with Crippen molar-refractivity contribution >= 4 is 33.6 Å². The van der Waals surface area contributed by atoms with Gasteiger partial charge in [-0.2, -0.15) is 0 Å². The van der Waals surface area contributed by atoms with Crippen molar-refractivity contribution in [1.82, 2.24) is 10.6 Å². The van der Waals surface area contributed by atoms with Gasteiger partial charge in [0.2, 0.25) is 5.91 Å². The molecule has 1 aliphatic rings. The number of benzene rings is 2. The molecule has 0 radical (unpaired) electrons. The Hall–Kier alpha value is -3.13. The Morgan fingerprint density at radius 3 is 2.22 bits per heavy atom. The van der Waals surface area contributed by atoms with Crippen molar-refractivity contribution in [2.75, 3.05) is 17.8 Å². The van der Waals surface area contributed by atoms with E-state index in [4.69, 9.17) is 0 Å². The first-order valence-corrected chi connectivity index (χ1v) is 12.4. The molecule has 0 aromatic heterocycles. The second kappa shape index (κ2) is 11.5. The molecule has 0 saturated heterocycles. The maximum absolute atomic E-state index is 12.3. The minimum atomic E-state index is -3.67. The Kier molecular flexibility index (Phi) is 8.44. The van der Waals surface area contributed by atoms with Crippen molar-refractivity contribution in [3.8, 4) is 0 Å². The lowest BCUT2D eigenvalue weighted by molar-refractivity contribution is -0.125. The molecular formula is C24H29N3O4S. The third-order valence-electron chi connectivity index (χ3n) is 5.33. The van der Waals surface area contributed by atoms with Crippen molar-refractivity contribution in [3.63, 3.8) is 0 Å². The van der Waals surface area contributed by atoms with Crippen molar-refractivity contribution in [1.29, 1.82) is 0 Å². The van der Waals surface area contributed by atoms with Crippen LogP contribution in [0.1, 0.15) is 48.0 Å². The first-order chi connectivity index (χ1) is 15.4. The molecule has 32 heavy (non-hydrogen) atoms. The summed E-state index contributed by atoms with van der Waals surface area (Å²) in [7, 11) is -3.67. The van der Waals surface area contributed by atoms with Crippen LogP contribution in [0.5, 0.6) is 0 Å². The van der Waals surface area contributed by atoms with Crippen LogP contribution in [0.15, 0.2) is 60.0 Å². The summed E-state index contributed by atoms with van der Waals surface area (Å²) in [5.74, 6) is -0.120. The summed E-state index contributed by atoms with van der Waals surface area (Å²) in [4.78, 5) is 24.4. The second-order valence-corrected chi connectivity index (χ2v) is 9.39. The van der Waals surface area contributed by atoms with Crippen LogP contribution in [0.3, 0.4) is 0 Å². The molecule has 2 aromatic carbocycles. The number of anilines is 1. The predicted molar refractivity (Wildman–Crippen MR) is 126 cm³/mol. The topological polar surface area (TPSA) is 104 Å². The highest BCUT2D eigenvalue weighted by Crippen LogP contribution is 2.23. The Morgan fingerprint density at radius 1 is 0.875 bits per heavy atom. The Labute approximate surface area is 189 Å². The molecule has 1 saturated carbocycles. The maximum Gasteiger partial charge on any atom is 0.255 e. The van der Waals surface area contributed by atoms with Gasteiger partial charge < -0.3 is 10.6 Å². The van der Waals surface area contributed by atoms with E-state index in [-0.39, 0.29) is 17.7 Å². The van der Waals surface area contributed by atoms with Gasteiger partial charge in [0, 0.05) is 30.3 Å². The number of hydrogen-bond donors (Lipinski definition) is 3. The first kappa shape index (κ1) is 23.5. The average Bonchev–Trinajstić information content (AvgIpc) is 2.82. The number of amides is 2. The largest absolute Gasteiger partial charge is 0.354 e. The fourth-order valence-corrected chi connectivity index (χ4v) is 4.46. The summed E-state index contributed by atoms with van der Waals surface area (Å²) < 4.78 is 26.9. The molecule has 1 fully saturated rings. The quantitative estimate of drug-likeness (QED) is 0.503. The van der Waals surface area contributed by atoms with Crippen LogP contribution >= 0.6 is 0 Å². The van der Waals surface area contributed by atoms with Gasteiger partial charge in [0.15, 0.2) is 0 Å². The zero-order valence-corrected chi connectivity index (χ0v) is 18.7. The van der Waals surface area contributed by atoms with Crippen LogP contribution in [0.25, 0.3) is 6.08 Å². The highest BCUT2D eigenvalue weighted by molar-refractivity contribution is 7.95. The molecule has 0 atom stereocenters. The predicted octanol–water partition coefficient (Wildman–Crippen LogP) is 3.53. The maximum atomic E-state index is 12.3. The van der Waals surface area contributed by atoms with Crippen LogP contribution in [0.2, 0.25) is 0 Å². The molecule has 2 aromatic rings. The molecule has 0 spiro atoms. The van der Waals surface area contributed by atoms with Gasteiger partial charge in [-0.1, -0.05) is 49.6 Å². The van der Waals surface area contributed by atoms with Crippen molar-refractivity contribution in [2.24, 2.45) is 5.92 Å². The third-order valence-corrected chi connectivity index (χ3v) is 6.35. The zero-order chi connectivity index (χ0) is 22.8. The summed E-state index contributed by atoms with van der Waals surface area (Å²) in [5.41, 5.74) is 1.55. The molecule has 0 unspecified atom stereocenters. The molecular weight excluding hydrogens is 426 g/mol. The molecule has 0 bridgehead atoms. The van der Waals surface area contributed by atoms with Gasteiger partial charge in [0.05, 0.1) is 5.41 Å². The Bertz CT molecular complexity index is 1030. The molecule has 3 rings (SSSR count). The van der Waals surface area contributed by atoms with Crippen LogP contribution in [-0.4, -0.2) is 33.3 Å². The van der Waals surface area contributed by atoms with Crippen molar-refractivity contribution in [2.45, 2.75) is 32.1 Å². The highest BCUT2D eigenvalue weighted by Gasteiger charge is 2.20. The number of sulfonamides is 1. The van der Waals surface area contributed by atoms with Crippen molar-refractivity contribution < 1.29 is 18.0 Å². The summed E-state index contributed by atoms with van der Waals surface area (Å²) in [6.45, 7) is 0.711. The van der Waals surface area contributed by atoms with E-state index < -0.39 is 10.0 Å². The van der Waals surface area contributed by atoms with E-state index in [1.54, 1.807) is 24.3 Å². The van der Waals surface area contributed by atoms with E-state index >= 15 is 0 Å². The van der Waals surface area contributed by atoms with E-state index in [9.17, 15) is 18.0 Å². The third kappa shape index (κ3) is 7.53. The lowest BCUT2D eigenvalue weighted by Gasteiger charge is -2.20. The Morgan fingerprint density at radius 2 is 1.53 bits per heavy atom. The minimum absolute atomic E-state index is 0.0666. The van der Waals surface area contributed by atoms with Crippen LogP contribution in [0, 0.1) is 5.92 Å². The van der Waals surface area contributed by atoms with E-state index in [1.807, 2.05) is 18.2 Å². The number of carbonyl (C=O) groups is 2. The number of rotatable bonds is 9. The van der Waals surface area contributed by atoms with Gasteiger partial charge in [-0.25, -0.2) is 8.42 Å². The number of hydrogen-bond acceptors (Lipinski definition) is 4. The van der Waals surface area contributed by atoms with Crippen LogP contribution in [-0.2, 0) is 14.8 Å². The van der Waals surface area contributed by atoms with Crippen LogP contribution < -0.4 is 15.4 Å². The van der Waals surface area contributed by atoms with E-state index in [0.717, 1.165) is 36.7 Å². The summed E-state index contributed by atoms with van der Waals surface area (Å²) >= 11 is 0. The van der Waals surface area contributed by atoms with Gasteiger partial charge in [-0.3, -0.25) is 14.3 Å². The number of carbonyl (C=O) groups excluding carboxylic acids is 2. The molecule has 0 heterocycles. The van der Waals surface area contributed by atoms with Crippen molar-refractivity contribution in [3.05, 3.63) is 71.1 Å². The fraction of sp³-hybridized carbons (Fsp3) is 0.333. The normalized spacial score (nSPS) is 14.8. The molecule has 1 aliphatic carbocycles. The molecule has 7 nitrogen and oxygen atoms in total. The first-order valence-electron chi connectivity index (χ1n) is 10.8. The van der Waals surface area contributed by atoms with Gasteiger partial charge in [0.1, 0.15) is 0 Å². The minimum Gasteiger partial charge on any atom is -0.354 e. The Balaban J connectivity index is 1.43. The summed E-state index contributed by atoms with van der Waals surface area (Å²) in [6.07, 6.45) is 6.79. The highest BCUT2D eigenvalue weighted by atomic mass is 32.2. The van der Waals surface area contributed by atoms with Gasteiger partial charge >= 0.3 is 0 Å². The molecule has 2 amide bonds. The monoisotopic (exact) mass is 455 g/mol. The van der Waals surface area contributed by atoms with Gasteiger partial charge in [0.25, 0.3) is 15.9 Å². The molecule has 0 aliphatic heterocycles.